The number of aromatic nitrogens is 2. The first-order chi connectivity index (χ1) is 13.2. The Hall–Kier alpha value is -1.48. The number of fused-ring (bicyclic) bond motifs is 1. The van der Waals surface area contributed by atoms with Crippen LogP contribution in [0.5, 0.6) is 0 Å². The second-order valence-corrected chi connectivity index (χ2v) is 17.0. The minimum Gasteiger partial charge on any atom is -0.379 e. The molecule has 1 heterocycles. The highest BCUT2D eigenvalue weighted by molar-refractivity contribution is 7.87. The fourth-order valence-corrected chi connectivity index (χ4v) is 7.30. The van der Waals surface area contributed by atoms with Crippen molar-refractivity contribution in [1.82, 2.24) is 13.3 Å². The number of hydrogen-bond acceptors (Lipinski definition) is 4. The molecule has 0 saturated heterocycles. The van der Waals surface area contributed by atoms with E-state index in [4.69, 9.17) is 4.98 Å². The average Bonchev–Trinajstić information content (AvgIpc) is 3.08. The van der Waals surface area contributed by atoms with Gasteiger partial charge in [-0.05, 0) is 35.8 Å². The lowest BCUT2D eigenvalue weighted by Gasteiger charge is -2.47. The molecule has 0 fully saturated rings. The van der Waals surface area contributed by atoms with Gasteiger partial charge < -0.3 is 5.11 Å². The third-order valence-electron chi connectivity index (χ3n) is 6.69. The maximum atomic E-state index is 13.2. The highest BCUT2D eigenvalue weighted by Gasteiger charge is 2.41. The molecule has 1 aromatic heterocycles. The number of hydrogen-bond donors (Lipinski definition) is 1. The molecule has 8 heteroatoms. The van der Waals surface area contributed by atoms with Gasteiger partial charge in [-0.1, -0.05) is 53.1 Å². The molecule has 0 aliphatic heterocycles. The Morgan fingerprint density at radius 2 is 1.83 bits per heavy atom. The molecule has 0 spiro atoms. The van der Waals surface area contributed by atoms with Gasteiger partial charge in [-0.2, -0.15) is 25.8 Å². The van der Waals surface area contributed by atoms with Gasteiger partial charge in [0.1, 0.15) is 5.60 Å². The number of aliphatic hydroxyl groups is 1. The van der Waals surface area contributed by atoms with E-state index in [1.165, 1.54) is 22.4 Å². The summed E-state index contributed by atoms with van der Waals surface area (Å²) in [5, 5.41) is 11.6. The normalized spacial score (nSPS) is 20.7. The molecule has 1 N–H and O–H groups in total. The van der Waals surface area contributed by atoms with Crippen LogP contribution in [-0.4, -0.2) is 49.0 Å². The predicted molar refractivity (Wildman–Crippen MR) is 119 cm³/mol. The average molecular weight is 436 g/mol. The van der Waals surface area contributed by atoms with Gasteiger partial charge in [0.05, 0.1) is 5.69 Å². The van der Waals surface area contributed by atoms with E-state index in [0.29, 0.717) is 17.6 Å². The van der Waals surface area contributed by atoms with Crippen molar-refractivity contribution in [2.75, 3.05) is 14.1 Å². The van der Waals surface area contributed by atoms with Gasteiger partial charge in [0, 0.05) is 20.3 Å². The molecule has 3 rings (SSSR count). The van der Waals surface area contributed by atoms with E-state index in [-0.39, 0.29) is 5.04 Å². The predicted octanol–water partition coefficient (Wildman–Crippen LogP) is 2.83. The van der Waals surface area contributed by atoms with Crippen molar-refractivity contribution in [3.63, 3.8) is 0 Å². The molecule has 2 aromatic rings. The third kappa shape index (κ3) is 3.50. The van der Waals surface area contributed by atoms with E-state index >= 15 is 0 Å². The minimum atomic E-state index is -3.76. The Labute approximate surface area is 175 Å². The lowest BCUT2D eigenvalue weighted by atomic mass is 9.77. The van der Waals surface area contributed by atoms with E-state index in [1.54, 1.807) is 6.20 Å². The standard InChI is InChI=1S/C21H33N3O3SSi/c1-20(2,3)29(6,7)19-22-18(15-24(19)28(26,27)23(4)5)21(25)14-10-12-16-11-8-9-13-17(16)21/h8-9,11,13,15,25H,10,12,14H2,1-7H3/q-1. The van der Waals surface area contributed by atoms with Crippen LogP contribution in [0.4, 0.5) is 0 Å². The summed E-state index contributed by atoms with van der Waals surface area (Å²) < 4.78 is 28.8. The van der Waals surface area contributed by atoms with Crippen LogP contribution in [0, 0.1) is 0 Å². The van der Waals surface area contributed by atoms with Crippen LogP contribution >= 0.6 is 0 Å². The molecular formula is C21H33N3O3SSi-. The van der Waals surface area contributed by atoms with Gasteiger partial charge in [0.15, 0.2) is 0 Å². The quantitative estimate of drug-likeness (QED) is 0.750. The van der Waals surface area contributed by atoms with Gasteiger partial charge in [-0.25, -0.2) is 0 Å². The highest BCUT2D eigenvalue weighted by atomic mass is 32.2. The zero-order chi connectivity index (χ0) is 21.8. The maximum Gasteiger partial charge on any atom is 0.305 e. The van der Waals surface area contributed by atoms with Crippen LogP contribution in [-0.2, 0) is 22.2 Å². The molecule has 0 amide bonds. The molecule has 1 aromatic carbocycles. The molecule has 29 heavy (non-hydrogen) atoms. The number of imidazole rings is 1. The Morgan fingerprint density at radius 1 is 1.21 bits per heavy atom. The van der Waals surface area contributed by atoms with Crippen molar-refractivity contribution < 1.29 is 13.5 Å². The zero-order valence-electron chi connectivity index (χ0n) is 18.5. The Bertz CT molecular complexity index is 1020. The van der Waals surface area contributed by atoms with Crippen LogP contribution in [0.3, 0.4) is 0 Å². The zero-order valence-corrected chi connectivity index (χ0v) is 20.3. The first-order valence-electron chi connectivity index (χ1n) is 10.1. The van der Waals surface area contributed by atoms with Crippen LogP contribution in [0.25, 0.3) is 0 Å². The van der Waals surface area contributed by atoms with Crippen LogP contribution in [0.15, 0.2) is 30.5 Å². The number of benzene rings is 1. The molecule has 1 aliphatic rings. The third-order valence-corrected chi connectivity index (χ3v) is 13.8. The number of nitrogens with zero attached hydrogens (tertiary/aromatic N) is 3. The summed E-state index contributed by atoms with van der Waals surface area (Å²) in [6.45, 7) is 10.7. The van der Waals surface area contributed by atoms with Crippen LogP contribution in [0.1, 0.15) is 50.4 Å². The number of aryl methyl sites for hydroxylation is 1. The molecule has 6 nitrogen and oxygen atoms in total. The van der Waals surface area contributed by atoms with E-state index < -0.39 is 23.9 Å². The van der Waals surface area contributed by atoms with E-state index in [9.17, 15) is 13.5 Å². The monoisotopic (exact) mass is 435 g/mol. The van der Waals surface area contributed by atoms with Crippen LogP contribution in [0.2, 0.25) is 18.1 Å². The molecule has 161 valence electrons. The Balaban J connectivity index is 2.29. The lowest BCUT2D eigenvalue weighted by Crippen LogP contribution is -2.56. The van der Waals surface area contributed by atoms with E-state index in [2.05, 4.69) is 33.9 Å². The fourth-order valence-electron chi connectivity index (χ4n) is 3.74. The summed E-state index contributed by atoms with van der Waals surface area (Å²) in [4.78, 5) is 4.86. The smallest absolute Gasteiger partial charge is 0.305 e. The molecule has 1 unspecified atom stereocenters. The molecule has 1 atom stereocenters. The number of rotatable bonds is 4. The maximum absolute atomic E-state index is 13.2. The van der Waals surface area contributed by atoms with Gasteiger partial charge in [0.2, 0.25) is 0 Å². The summed E-state index contributed by atoms with van der Waals surface area (Å²) in [5.74, 6) is 0. The van der Waals surface area contributed by atoms with E-state index in [0.717, 1.165) is 24.0 Å². The largest absolute Gasteiger partial charge is 0.379 e. The lowest BCUT2D eigenvalue weighted by molar-refractivity contribution is 0.0576. The molecule has 0 radical (unpaired) electrons. The molecule has 0 saturated carbocycles. The summed E-state index contributed by atoms with van der Waals surface area (Å²) in [6, 6.07) is 7.85. The second-order valence-electron chi connectivity index (χ2n) is 9.78. The second kappa shape index (κ2) is 7.04. The first-order valence-corrected chi connectivity index (χ1v) is 14.5. The highest BCUT2D eigenvalue weighted by Crippen LogP contribution is 2.41. The van der Waals surface area contributed by atoms with Crippen molar-refractivity contribution >= 4 is 23.7 Å². The summed E-state index contributed by atoms with van der Waals surface area (Å²) in [7, 11) is -3.03. The summed E-state index contributed by atoms with van der Waals surface area (Å²) in [6.07, 6.45) is 3.81. The summed E-state index contributed by atoms with van der Waals surface area (Å²) in [5.41, 5.74) is 1.65. The van der Waals surface area contributed by atoms with Crippen molar-refractivity contribution in [3.8, 4) is 0 Å². The van der Waals surface area contributed by atoms with Gasteiger partial charge in [0.25, 0.3) is 0 Å². The van der Waals surface area contributed by atoms with E-state index in [1.807, 2.05) is 24.3 Å². The van der Waals surface area contributed by atoms with Gasteiger partial charge in [-0.3, -0.25) is 8.96 Å². The fraction of sp³-hybridized carbons (Fsp3) is 0.571. The first kappa shape index (κ1) is 22.2. The van der Waals surface area contributed by atoms with Crippen molar-refractivity contribution in [3.05, 3.63) is 47.3 Å². The van der Waals surface area contributed by atoms with Crippen molar-refractivity contribution in [2.24, 2.45) is 0 Å². The molecular weight excluding hydrogens is 402 g/mol. The minimum absolute atomic E-state index is 0.109. The Kier molecular flexibility index (Phi) is 5.39. The molecule has 0 bridgehead atoms. The SMILES string of the molecule is CN(C)S(=O)(=O)n1cc(C2(O)CCCc3ccccc32)nc1[Si-](C)(C)C(C)(C)C. The van der Waals surface area contributed by atoms with Crippen molar-refractivity contribution in [2.45, 2.75) is 63.8 Å². The topological polar surface area (TPSA) is 75.4 Å². The van der Waals surface area contributed by atoms with Crippen molar-refractivity contribution in [1.29, 1.82) is 0 Å². The summed E-state index contributed by atoms with van der Waals surface area (Å²) >= 11 is 0. The van der Waals surface area contributed by atoms with Gasteiger partial charge >= 0.3 is 10.2 Å². The Morgan fingerprint density at radius 3 is 2.41 bits per heavy atom. The molecule has 1 aliphatic carbocycles. The van der Waals surface area contributed by atoms with Crippen LogP contribution < -0.4 is 5.45 Å². The van der Waals surface area contributed by atoms with Gasteiger partial charge in [-0.15, -0.1) is 5.04 Å².